The average molecular weight is 421 g/mol. The van der Waals surface area contributed by atoms with E-state index in [0.717, 1.165) is 5.56 Å². The number of methoxy groups -OCH3 is 1. The van der Waals surface area contributed by atoms with Gasteiger partial charge in [-0.3, -0.25) is 19.7 Å². The highest BCUT2D eigenvalue weighted by Crippen LogP contribution is 2.36. The molecule has 0 saturated heterocycles. The Labute approximate surface area is 177 Å². The van der Waals surface area contributed by atoms with Crippen LogP contribution < -0.4 is 15.4 Å². The van der Waals surface area contributed by atoms with Crippen molar-refractivity contribution in [2.45, 2.75) is 19.4 Å². The number of benzene rings is 2. The molecule has 2 amide bonds. The Hall–Kier alpha value is -4.21. The first-order chi connectivity index (χ1) is 14.9. The van der Waals surface area contributed by atoms with Gasteiger partial charge in [0, 0.05) is 17.7 Å². The van der Waals surface area contributed by atoms with E-state index >= 15 is 0 Å². The van der Waals surface area contributed by atoms with E-state index in [1.807, 2.05) is 24.3 Å². The number of aryl methyl sites for hydroxylation is 1. The number of amides is 2. The van der Waals surface area contributed by atoms with E-state index < -0.39 is 16.9 Å². The molecule has 1 atom stereocenters. The molecule has 0 spiro atoms. The summed E-state index contributed by atoms with van der Waals surface area (Å²) in [7, 11) is 1.57. The van der Waals surface area contributed by atoms with E-state index in [0.29, 0.717) is 28.4 Å². The summed E-state index contributed by atoms with van der Waals surface area (Å²) in [6.07, 6.45) is 1.46. The lowest BCUT2D eigenvalue weighted by molar-refractivity contribution is -0.384. The Bertz CT molecular complexity index is 1200. The Kier molecular flexibility index (Phi) is 5.12. The lowest BCUT2D eigenvalue weighted by atomic mass is 10.1. The highest BCUT2D eigenvalue weighted by molar-refractivity contribution is 6.04. The minimum absolute atomic E-state index is 0.128. The minimum Gasteiger partial charge on any atom is -0.497 e. The van der Waals surface area contributed by atoms with Crippen LogP contribution >= 0.6 is 0 Å². The van der Waals surface area contributed by atoms with Crippen molar-refractivity contribution in [3.05, 3.63) is 64.3 Å². The van der Waals surface area contributed by atoms with Crippen molar-refractivity contribution in [1.82, 2.24) is 9.78 Å². The number of hydrogen-bond acceptors (Lipinski definition) is 6. The molecule has 0 bridgehead atoms. The zero-order chi connectivity index (χ0) is 22.1. The van der Waals surface area contributed by atoms with Crippen molar-refractivity contribution < 1.29 is 19.2 Å². The van der Waals surface area contributed by atoms with Gasteiger partial charge in [0.15, 0.2) is 0 Å². The van der Waals surface area contributed by atoms with Gasteiger partial charge in [-0.15, -0.1) is 0 Å². The second-order valence-corrected chi connectivity index (χ2v) is 7.10. The molecule has 10 heteroatoms. The summed E-state index contributed by atoms with van der Waals surface area (Å²) in [5, 5.41) is 20.7. The molecule has 1 unspecified atom stereocenters. The lowest BCUT2D eigenvalue weighted by Gasteiger charge is -2.11. The third-order valence-corrected chi connectivity index (χ3v) is 5.10. The summed E-state index contributed by atoms with van der Waals surface area (Å²) in [5.74, 6) is 0.376. The molecule has 3 aromatic rings. The van der Waals surface area contributed by atoms with Crippen LogP contribution in [-0.4, -0.2) is 33.6 Å². The number of ether oxygens (including phenoxy) is 1. The number of nitro benzene ring substituents is 1. The smallest absolute Gasteiger partial charge is 0.271 e. The van der Waals surface area contributed by atoms with Crippen LogP contribution in [0.3, 0.4) is 0 Å². The Morgan fingerprint density at radius 2 is 2.13 bits per heavy atom. The van der Waals surface area contributed by atoms with Gasteiger partial charge in [-0.05, 0) is 30.2 Å². The van der Waals surface area contributed by atoms with Crippen molar-refractivity contribution in [1.29, 1.82) is 0 Å². The molecule has 10 nitrogen and oxygen atoms in total. The Morgan fingerprint density at radius 1 is 1.32 bits per heavy atom. The molecular weight excluding hydrogens is 402 g/mol. The van der Waals surface area contributed by atoms with Crippen LogP contribution in [-0.2, 0) is 9.59 Å². The summed E-state index contributed by atoms with van der Waals surface area (Å²) >= 11 is 0. The molecule has 0 fully saturated rings. The fourth-order valence-electron chi connectivity index (χ4n) is 3.45. The second kappa shape index (κ2) is 7.90. The zero-order valence-corrected chi connectivity index (χ0v) is 16.8. The van der Waals surface area contributed by atoms with Crippen molar-refractivity contribution in [2.75, 3.05) is 17.7 Å². The molecule has 1 aromatic heterocycles. The molecule has 1 aliphatic heterocycles. The van der Waals surface area contributed by atoms with Gasteiger partial charge in [-0.2, -0.15) is 5.10 Å². The van der Waals surface area contributed by atoms with Crippen LogP contribution in [0, 0.1) is 17.0 Å². The fourth-order valence-corrected chi connectivity index (χ4v) is 3.45. The van der Waals surface area contributed by atoms with E-state index in [9.17, 15) is 19.7 Å². The molecule has 0 radical (unpaired) electrons. The predicted molar refractivity (Wildman–Crippen MR) is 113 cm³/mol. The van der Waals surface area contributed by atoms with Crippen molar-refractivity contribution in [3.8, 4) is 16.9 Å². The lowest BCUT2D eigenvalue weighted by Crippen LogP contribution is -2.23. The maximum absolute atomic E-state index is 12.6. The Morgan fingerprint density at radius 3 is 2.87 bits per heavy atom. The van der Waals surface area contributed by atoms with Gasteiger partial charge < -0.3 is 15.4 Å². The predicted octanol–water partition coefficient (Wildman–Crippen LogP) is 3.30. The monoisotopic (exact) mass is 421 g/mol. The Balaban J connectivity index is 1.54. The highest BCUT2D eigenvalue weighted by atomic mass is 16.6. The van der Waals surface area contributed by atoms with E-state index in [2.05, 4.69) is 15.7 Å². The molecule has 2 aromatic carbocycles. The van der Waals surface area contributed by atoms with E-state index in [1.54, 1.807) is 26.3 Å². The molecule has 2 heterocycles. The van der Waals surface area contributed by atoms with Crippen LogP contribution in [0.2, 0.25) is 0 Å². The first kappa shape index (κ1) is 20.1. The summed E-state index contributed by atoms with van der Waals surface area (Å²) < 4.78 is 6.73. The number of nitrogens with zero attached hydrogens (tertiary/aromatic N) is 3. The molecule has 4 rings (SSSR count). The SMILES string of the molecule is COc1cccc(-c2cnn3c2NC(=O)C3CC(=O)Nc2cc([N+](=O)[O-])ccc2C)c1. The van der Waals surface area contributed by atoms with Gasteiger partial charge in [0.1, 0.15) is 17.6 Å². The quantitative estimate of drug-likeness (QED) is 0.464. The maximum Gasteiger partial charge on any atom is 0.271 e. The number of aromatic nitrogens is 2. The summed E-state index contributed by atoms with van der Waals surface area (Å²) in [4.78, 5) is 35.6. The van der Waals surface area contributed by atoms with Gasteiger partial charge in [-0.25, -0.2) is 4.68 Å². The third kappa shape index (κ3) is 3.82. The maximum atomic E-state index is 12.6. The molecule has 2 N–H and O–H groups in total. The molecule has 0 saturated carbocycles. The van der Waals surface area contributed by atoms with Crippen molar-refractivity contribution in [3.63, 3.8) is 0 Å². The third-order valence-electron chi connectivity index (χ3n) is 5.10. The number of nitrogens with one attached hydrogen (secondary N) is 2. The number of hydrogen-bond donors (Lipinski definition) is 2. The topological polar surface area (TPSA) is 128 Å². The first-order valence-electron chi connectivity index (χ1n) is 9.45. The van der Waals surface area contributed by atoms with Crippen LogP contribution in [0.15, 0.2) is 48.7 Å². The first-order valence-corrected chi connectivity index (χ1v) is 9.45. The van der Waals surface area contributed by atoms with Crippen molar-refractivity contribution >= 4 is 29.0 Å². The van der Waals surface area contributed by atoms with Gasteiger partial charge >= 0.3 is 0 Å². The minimum atomic E-state index is -0.826. The van der Waals surface area contributed by atoms with Gasteiger partial charge in [0.2, 0.25) is 5.91 Å². The molecule has 158 valence electrons. The molecule has 31 heavy (non-hydrogen) atoms. The number of carbonyl (C=O) groups is 2. The largest absolute Gasteiger partial charge is 0.497 e. The van der Waals surface area contributed by atoms with Crippen molar-refractivity contribution in [2.24, 2.45) is 0 Å². The standard InChI is InChI=1S/C21H19N5O5/c1-12-6-7-14(26(29)30)9-17(12)23-19(27)10-18-21(28)24-20-16(11-22-25(18)20)13-4-3-5-15(8-13)31-2/h3-9,11,18H,10H2,1-2H3,(H,23,27)(H,24,28). The summed E-state index contributed by atoms with van der Waals surface area (Å²) in [5.41, 5.74) is 2.41. The number of fused-ring (bicyclic) bond motifs is 1. The zero-order valence-electron chi connectivity index (χ0n) is 16.8. The van der Waals surface area contributed by atoms with Crippen LogP contribution in [0.1, 0.15) is 18.0 Å². The second-order valence-electron chi connectivity index (χ2n) is 7.10. The number of carbonyl (C=O) groups excluding carboxylic acids is 2. The molecule has 1 aliphatic rings. The fraction of sp³-hybridized carbons (Fsp3) is 0.190. The summed E-state index contributed by atoms with van der Waals surface area (Å²) in [6, 6.07) is 10.7. The molecular formula is C21H19N5O5. The molecule has 0 aliphatic carbocycles. The normalized spacial score (nSPS) is 14.6. The van der Waals surface area contributed by atoms with E-state index in [4.69, 9.17) is 4.74 Å². The number of non-ortho nitro benzene ring substituents is 1. The van der Waals surface area contributed by atoms with E-state index in [-0.39, 0.29) is 18.0 Å². The van der Waals surface area contributed by atoms with Crippen LogP contribution in [0.5, 0.6) is 5.75 Å². The van der Waals surface area contributed by atoms with E-state index in [1.165, 1.54) is 16.8 Å². The van der Waals surface area contributed by atoms with Crippen LogP contribution in [0.4, 0.5) is 17.2 Å². The van der Waals surface area contributed by atoms with Crippen LogP contribution in [0.25, 0.3) is 11.1 Å². The van der Waals surface area contributed by atoms with Gasteiger partial charge in [0.25, 0.3) is 11.6 Å². The number of rotatable bonds is 6. The average Bonchev–Trinajstić information content (AvgIpc) is 3.29. The number of nitro groups is 1. The van der Waals surface area contributed by atoms with Gasteiger partial charge in [-0.1, -0.05) is 18.2 Å². The number of anilines is 2. The van der Waals surface area contributed by atoms with Gasteiger partial charge in [0.05, 0.1) is 30.3 Å². The summed E-state index contributed by atoms with van der Waals surface area (Å²) in [6.45, 7) is 1.73. The highest BCUT2D eigenvalue weighted by Gasteiger charge is 2.35.